The Morgan fingerprint density at radius 1 is 1.19 bits per heavy atom. The van der Waals surface area contributed by atoms with Crippen LogP contribution in [0.5, 0.6) is 11.5 Å². The molecule has 2 aromatic rings. The lowest BCUT2D eigenvalue weighted by Crippen LogP contribution is -2.34. The molecule has 2 heterocycles. The first-order valence-electron chi connectivity index (χ1n) is 12.0. The Morgan fingerprint density at radius 2 is 2.00 bits per heavy atom. The van der Waals surface area contributed by atoms with Crippen molar-refractivity contribution in [2.75, 3.05) is 26.2 Å². The van der Waals surface area contributed by atoms with Gasteiger partial charge in [-0.05, 0) is 59.7 Å². The second-order valence-corrected chi connectivity index (χ2v) is 9.70. The van der Waals surface area contributed by atoms with Gasteiger partial charge in [-0.3, -0.25) is 4.90 Å². The summed E-state index contributed by atoms with van der Waals surface area (Å²) in [6.45, 7) is 6.01. The monoisotopic (exact) mass is 501 g/mol. The Bertz CT molecular complexity index is 1180. The van der Waals surface area contributed by atoms with Gasteiger partial charge in [0.1, 0.15) is 24.7 Å². The minimum atomic E-state index is -4.41. The lowest BCUT2D eigenvalue weighted by molar-refractivity contribution is -0.138. The van der Waals surface area contributed by atoms with Gasteiger partial charge in [0.05, 0.1) is 5.56 Å². The fraction of sp³-hybridized carbons (Fsp3) is 0.393. The quantitative estimate of drug-likeness (QED) is 0.483. The van der Waals surface area contributed by atoms with Crippen molar-refractivity contribution < 1.29 is 32.5 Å². The molecule has 2 aromatic carbocycles. The number of hydrogen-bond donors (Lipinski definition) is 1. The van der Waals surface area contributed by atoms with Crippen LogP contribution in [0.25, 0.3) is 6.08 Å². The first kappa shape index (κ1) is 25.8. The van der Waals surface area contributed by atoms with Gasteiger partial charge >= 0.3 is 12.1 Å². The van der Waals surface area contributed by atoms with E-state index >= 15 is 0 Å². The van der Waals surface area contributed by atoms with E-state index in [1.54, 1.807) is 30.3 Å². The van der Waals surface area contributed by atoms with Crippen LogP contribution in [0.3, 0.4) is 0 Å². The number of nitrogens with zero attached hydrogens (tertiary/aromatic N) is 1. The van der Waals surface area contributed by atoms with E-state index in [4.69, 9.17) is 9.47 Å². The molecular formula is C28H30F3NO4. The molecule has 2 aliphatic heterocycles. The maximum Gasteiger partial charge on any atom is 0.416 e. The molecule has 0 unspecified atom stereocenters. The zero-order valence-electron chi connectivity index (χ0n) is 20.4. The average molecular weight is 502 g/mol. The second kappa shape index (κ2) is 10.8. The zero-order chi connectivity index (χ0) is 25.9. The molecule has 0 radical (unpaired) electrons. The highest BCUT2D eigenvalue weighted by Gasteiger charge is 2.33. The number of fused-ring (bicyclic) bond motifs is 1. The Kier molecular flexibility index (Phi) is 7.73. The summed E-state index contributed by atoms with van der Waals surface area (Å²) in [5.74, 6) is 0.395. The first-order chi connectivity index (χ1) is 17.1. The number of carboxylic acids is 1. The molecule has 0 aromatic heterocycles. The van der Waals surface area contributed by atoms with E-state index in [2.05, 4.69) is 4.90 Å². The zero-order valence-corrected chi connectivity index (χ0v) is 20.4. The van der Waals surface area contributed by atoms with Gasteiger partial charge in [-0.1, -0.05) is 32.1 Å². The van der Waals surface area contributed by atoms with Crippen LogP contribution in [0.2, 0.25) is 0 Å². The highest BCUT2D eigenvalue weighted by atomic mass is 19.4. The Balaban J connectivity index is 1.40. The van der Waals surface area contributed by atoms with E-state index < -0.39 is 17.7 Å². The van der Waals surface area contributed by atoms with Gasteiger partial charge in [-0.25, -0.2) is 4.79 Å². The molecule has 0 saturated heterocycles. The lowest BCUT2D eigenvalue weighted by Gasteiger charge is -2.28. The van der Waals surface area contributed by atoms with Crippen molar-refractivity contribution in [3.05, 3.63) is 75.9 Å². The predicted octanol–water partition coefficient (Wildman–Crippen LogP) is 5.98. The first-order valence-corrected chi connectivity index (χ1v) is 12.0. The number of ether oxygens (including phenoxy) is 2. The van der Waals surface area contributed by atoms with E-state index in [1.807, 2.05) is 26.0 Å². The topological polar surface area (TPSA) is 59.0 Å². The number of benzene rings is 2. The third-order valence-electron chi connectivity index (χ3n) is 6.20. The number of aliphatic carboxylic acids is 1. The molecule has 0 atom stereocenters. The van der Waals surface area contributed by atoms with Gasteiger partial charge in [0.25, 0.3) is 0 Å². The molecule has 0 bridgehead atoms. The Hall–Kier alpha value is -3.26. The molecular weight excluding hydrogens is 471 g/mol. The highest BCUT2D eigenvalue weighted by Crippen LogP contribution is 2.35. The predicted molar refractivity (Wildman–Crippen MR) is 131 cm³/mol. The van der Waals surface area contributed by atoms with Crippen molar-refractivity contribution in [3.63, 3.8) is 0 Å². The van der Waals surface area contributed by atoms with E-state index in [0.717, 1.165) is 17.7 Å². The van der Waals surface area contributed by atoms with Crippen molar-refractivity contribution in [1.29, 1.82) is 0 Å². The summed E-state index contributed by atoms with van der Waals surface area (Å²) in [7, 11) is 0. The number of carbonyl (C=O) groups is 1. The average Bonchev–Trinajstić information content (AvgIpc) is 2.82. The van der Waals surface area contributed by atoms with E-state index in [0.29, 0.717) is 60.7 Å². The van der Waals surface area contributed by atoms with Crippen LogP contribution in [-0.2, 0) is 24.0 Å². The summed E-state index contributed by atoms with van der Waals surface area (Å²) < 4.78 is 52.4. The summed E-state index contributed by atoms with van der Waals surface area (Å²) >= 11 is 0. The molecule has 192 valence electrons. The fourth-order valence-corrected chi connectivity index (χ4v) is 4.52. The minimum Gasteiger partial charge on any atom is -0.489 e. The standard InChI is InChI=1S/C28H30F3NO4/c1-18(2)10-21-6-5-19(12-25(21)28(29,30)31)16-35-24-8-7-22-11-20(17-36-26(22)13-24)14-32-9-3-4-23(15-32)27(33)34/h4-8,11-13,18H,3,9-10,14-17H2,1-2H3,(H,33,34). The molecule has 5 nitrogen and oxygen atoms in total. The van der Waals surface area contributed by atoms with Crippen LogP contribution in [0.4, 0.5) is 13.2 Å². The van der Waals surface area contributed by atoms with Crippen LogP contribution >= 0.6 is 0 Å². The van der Waals surface area contributed by atoms with Gasteiger partial charge in [-0.15, -0.1) is 0 Å². The maximum atomic E-state index is 13.6. The van der Waals surface area contributed by atoms with Crippen LogP contribution in [0.1, 0.15) is 42.5 Å². The van der Waals surface area contributed by atoms with Crippen molar-refractivity contribution in [3.8, 4) is 11.5 Å². The number of rotatable bonds is 8. The van der Waals surface area contributed by atoms with Crippen molar-refractivity contribution in [2.45, 2.75) is 39.5 Å². The van der Waals surface area contributed by atoms with E-state index in [-0.39, 0.29) is 12.5 Å². The summed E-state index contributed by atoms with van der Waals surface area (Å²) in [6.07, 6.45) is 0.459. The Morgan fingerprint density at radius 3 is 2.72 bits per heavy atom. The third kappa shape index (κ3) is 6.49. The molecule has 0 saturated carbocycles. The highest BCUT2D eigenvalue weighted by molar-refractivity contribution is 5.87. The van der Waals surface area contributed by atoms with E-state index in [9.17, 15) is 23.1 Å². The van der Waals surface area contributed by atoms with Gasteiger partial charge < -0.3 is 14.6 Å². The number of alkyl halides is 3. The summed E-state index contributed by atoms with van der Waals surface area (Å²) in [4.78, 5) is 13.3. The molecule has 2 aliphatic rings. The number of carboxylic acid groups (broad SMARTS) is 1. The van der Waals surface area contributed by atoms with Gasteiger partial charge in [0, 0.05) is 36.8 Å². The molecule has 36 heavy (non-hydrogen) atoms. The summed E-state index contributed by atoms with van der Waals surface area (Å²) in [5, 5.41) is 9.23. The molecule has 0 aliphatic carbocycles. The molecule has 4 rings (SSSR count). The molecule has 8 heteroatoms. The van der Waals surface area contributed by atoms with Crippen molar-refractivity contribution >= 4 is 12.0 Å². The van der Waals surface area contributed by atoms with Gasteiger partial charge in [0.2, 0.25) is 0 Å². The normalized spacial score (nSPS) is 16.2. The molecule has 0 amide bonds. The van der Waals surface area contributed by atoms with Crippen LogP contribution in [0.15, 0.2) is 53.6 Å². The second-order valence-electron chi connectivity index (χ2n) is 9.70. The van der Waals surface area contributed by atoms with Crippen LogP contribution in [0, 0.1) is 5.92 Å². The van der Waals surface area contributed by atoms with Crippen molar-refractivity contribution in [1.82, 2.24) is 4.90 Å². The smallest absolute Gasteiger partial charge is 0.416 e. The van der Waals surface area contributed by atoms with Crippen LogP contribution < -0.4 is 9.47 Å². The third-order valence-corrected chi connectivity index (χ3v) is 6.20. The number of hydrogen-bond acceptors (Lipinski definition) is 4. The lowest BCUT2D eigenvalue weighted by atomic mass is 9.96. The van der Waals surface area contributed by atoms with E-state index in [1.165, 1.54) is 6.07 Å². The maximum absolute atomic E-state index is 13.6. The summed E-state index contributed by atoms with van der Waals surface area (Å²) in [6, 6.07) is 9.77. The minimum absolute atomic E-state index is 0.0132. The van der Waals surface area contributed by atoms with Gasteiger partial charge in [0.15, 0.2) is 0 Å². The fourth-order valence-electron chi connectivity index (χ4n) is 4.52. The van der Waals surface area contributed by atoms with Crippen molar-refractivity contribution in [2.24, 2.45) is 5.92 Å². The molecule has 0 spiro atoms. The number of halogens is 3. The summed E-state index contributed by atoms with van der Waals surface area (Å²) in [5.41, 5.74) is 2.48. The Labute approximate surface area is 208 Å². The largest absolute Gasteiger partial charge is 0.489 e. The molecule has 1 N–H and O–H groups in total. The van der Waals surface area contributed by atoms with Crippen LogP contribution in [-0.4, -0.2) is 42.2 Å². The SMILES string of the molecule is CC(C)Cc1ccc(COc2ccc3c(c2)OCC(CN2CCC=C(C(=O)O)C2)=C3)cc1C(F)(F)F. The molecule has 0 fully saturated rings. The van der Waals surface area contributed by atoms with Gasteiger partial charge in [-0.2, -0.15) is 13.2 Å².